The van der Waals surface area contributed by atoms with Crippen LogP contribution in [0.4, 0.5) is 0 Å². The molecule has 0 aliphatic carbocycles. The Labute approximate surface area is 154 Å². The molecule has 0 radical (unpaired) electrons. The predicted octanol–water partition coefficient (Wildman–Crippen LogP) is 6.41. The van der Waals surface area contributed by atoms with Crippen LogP contribution in [0.3, 0.4) is 0 Å². The van der Waals surface area contributed by atoms with Gasteiger partial charge in [0.25, 0.3) is 0 Å². The van der Waals surface area contributed by atoms with E-state index in [4.69, 9.17) is 4.42 Å². The van der Waals surface area contributed by atoms with Crippen LogP contribution >= 0.6 is 0 Å². The number of rotatable bonds is 0. The summed E-state index contributed by atoms with van der Waals surface area (Å²) < 4.78 is 5.85. The van der Waals surface area contributed by atoms with Crippen LogP contribution in [0.1, 0.15) is 0 Å². The molecule has 1 aromatic heterocycles. The van der Waals surface area contributed by atoms with E-state index in [1.165, 1.54) is 5.39 Å². The molecule has 2 heteroatoms. The van der Waals surface area contributed by atoms with Crippen molar-refractivity contribution in [2.75, 3.05) is 0 Å². The van der Waals surface area contributed by atoms with Crippen LogP contribution in [0, 0.1) is 0 Å². The minimum Gasteiger partial charge on any atom is -0.422 e. The van der Waals surface area contributed by atoms with Gasteiger partial charge < -0.3 is 4.42 Å². The fourth-order valence-corrected chi connectivity index (χ4v) is 4.24. The number of hydrogen-bond donors (Lipinski definition) is 0. The van der Waals surface area contributed by atoms with Gasteiger partial charge in [0.15, 0.2) is 0 Å². The molecule has 27 heavy (non-hydrogen) atoms. The highest BCUT2D eigenvalue weighted by Crippen LogP contribution is 2.34. The maximum Gasteiger partial charge on any atom is 0.344 e. The van der Waals surface area contributed by atoms with Gasteiger partial charge in [0.2, 0.25) is 0 Å². The molecule has 0 N–H and O–H groups in total. The molecule has 5 aromatic carbocycles. The summed E-state index contributed by atoms with van der Waals surface area (Å²) in [4.78, 5) is 13.0. The lowest BCUT2D eigenvalue weighted by atomic mass is 9.96. The summed E-state index contributed by atoms with van der Waals surface area (Å²) in [5.41, 5.74) is 0.375. The fraction of sp³-hybridized carbons (Fsp3) is 0. The Balaban J connectivity index is 1.88. The van der Waals surface area contributed by atoms with Gasteiger partial charge in [-0.1, -0.05) is 78.9 Å². The fourth-order valence-electron chi connectivity index (χ4n) is 4.24. The summed E-state index contributed by atoms with van der Waals surface area (Å²) in [5.74, 6) is 0. The van der Waals surface area contributed by atoms with Gasteiger partial charge in [-0.2, -0.15) is 0 Å². The average molecular weight is 346 g/mol. The molecule has 1 heterocycles. The zero-order chi connectivity index (χ0) is 18.0. The molecule has 126 valence electrons. The molecule has 0 aliphatic heterocycles. The molecule has 0 saturated carbocycles. The zero-order valence-corrected chi connectivity index (χ0v) is 14.4. The monoisotopic (exact) mass is 346 g/mol. The van der Waals surface area contributed by atoms with Crippen LogP contribution < -0.4 is 5.63 Å². The third kappa shape index (κ3) is 1.92. The molecule has 6 rings (SSSR count). The zero-order valence-electron chi connectivity index (χ0n) is 14.4. The van der Waals surface area contributed by atoms with Crippen molar-refractivity contribution in [1.82, 2.24) is 0 Å². The Hall–Kier alpha value is -3.65. The Kier molecular flexibility index (Phi) is 2.78. The smallest absolute Gasteiger partial charge is 0.344 e. The first-order chi connectivity index (χ1) is 13.3. The second-order valence-corrected chi connectivity index (χ2v) is 6.92. The third-order valence-corrected chi connectivity index (χ3v) is 5.49. The van der Waals surface area contributed by atoms with E-state index in [-0.39, 0.29) is 5.63 Å². The molecule has 0 spiro atoms. The summed E-state index contributed by atoms with van der Waals surface area (Å²) in [6, 6.07) is 28.7. The normalized spacial score (nSPS) is 11.9. The lowest BCUT2D eigenvalue weighted by Gasteiger charge is -2.09. The quantitative estimate of drug-likeness (QED) is 0.235. The first kappa shape index (κ1) is 14.5. The van der Waals surface area contributed by atoms with E-state index in [1.54, 1.807) is 0 Å². The maximum absolute atomic E-state index is 13.0. The van der Waals surface area contributed by atoms with Gasteiger partial charge in [0.05, 0.1) is 5.39 Å². The lowest BCUT2D eigenvalue weighted by molar-refractivity contribution is 0.573. The van der Waals surface area contributed by atoms with Gasteiger partial charge >= 0.3 is 5.63 Å². The van der Waals surface area contributed by atoms with Gasteiger partial charge in [-0.3, -0.25) is 0 Å². The van der Waals surface area contributed by atoms with Gasteiger partial charge in [0, 0.05) is 16.2 Å². The van der Waals surface area contributed by atoms with Crippen LogP contribution in [0.5, 0.6) is 0 Å². The highest BCUT2D eigenvalue weighted by Gasteiger charge is 2.13. The number of hydrogen-bond acceptors (Lipinski definition) is 2. The van der Waals surface area contributed by atoms with Crippen LogP contribution in [0.25, 0.3) is 54.1 Å². The van der Waals surface area contributed by atoms with E-state index in [0.717, 1.165) is 37.7 Å². The summed E-state index contributed by atoms with van der Waals surface area (Å²) >= 11 is 0. The lowest BCUT2D eigenvalue weighted by Crippen LogP contribution is -2.01. The summed E-state index contributed by atoms with van der Waals surface area (Å²) in [6.07, 6.45) is 0. The molecule has 6 aromatic rings. The second kappa shape index (κ2) is 5.18. The number of benzene rings is 5. The van der Waals surface area contributed by atoms with Crippen molar-refractivity contribution in [1.29, 1.82) is 0 Å². The van der Waals surface area contributed by atoms with Crippen LogP contribution in [0.15, 0.2) is 94.1 Å². The number of fused-ring (bicyclic) bond motifs is 9. The Bertz CT molecular complexity index is 1590. The molecule has 2 nitrogen and oxygen atoms in total. The Morgan fingerprint density at radius 3 is 1.85 bits per heavy atom. The van der Waals surface area contributed by atoms with Crippen molar-refractivity contribution in [3.05, 3.63) is 95.3 Å². The molecule has 0 bridgehead atoms. The molecule has 0 atom stereocenters. The first-order valence-electron chi connectivity index (χ1n) is 9.00. The van der Waals surface area contributed by atoms with Crippen LogP contribution in [0.2, 0.25) is 0 Å². The highest BCUT2D eigenvalue weighted by atomic mass is 16.4. The predicted molar refractivity (Wildman–Crippen MR) is 113 cm³/mol. The van der Waals surface area contributed by atoms with Crippen molar-refractivity contribution in [3.8, 4) is 0 Å². The van der Waals surface area contributed by atoms with Gasteiger partial charge in [-0.05, 0) is 33.0 Å². The summed E-state index contributed by atoms with van der Waals surface area (Å²) in [6.45, 7) is 0. The topological polar surface area (TPSA) is 30.2 Å². The third-order valence-electron chi connectivity index (χ3n) is 5.49. The van der Waals surface area contributed by atoms with Crippen molar-refractivity contribution in [3.63, 3.8) is 0 Å². The van der Waals surface area contributed by atoms with Crippen molar-refractivity contribution >= 4 is 54.1 Å². The van der Waals surface area contributed by atoms with E-state index >= 15 is 0 Å². The molecule has 0 aliphatic rings. The summed E-state index contributed by atoms with van der Waals surface area (Å²) in [5, 5.41) is 8.93. The SMILES string of the molecule is O=c1oc2c3ccccc3ccc2c2ccc3c4ccccc4ccc3c12. The average Bonchev–Trinajstić information content (AvgIpc) is 2.73. The Morgan fingerprint density at radius 1 is 0.481 bits per heavy atom. The van der Waals surface area contributed by atoms with Crippen molar-refractivity contribution in [2.24, 2.45) is 0 Å². The standard InChI is InChI=1S/C25H14O2/c26-25-23-20-11-9-15-5-1-3-7-17(15)19(20)13-14-21(23)22-12-10-16-6-2-4-8-18(16)24(22)27-25/h1-14H. The molecule has 0 saturated heterocycles. The van der Waals surface area contributed by atoms with Crippen LogP contribution in [-0.4, -0.2) is 0 Å². The van der Waals surface area contributed by atoms with E-state index in [9.17, 15) is 4.79 Å². The van der Waals surface area contributed by atoms with Gasteiger partial charge in [0.1, 0.15) is 5.58 Å². The van der Waals surface area contributed by atoms with E-state index in [0.29, 0.717) is 11.0 Å². The van der Waals surface area contributed by atoms with Gasteiger partial charge in [-0.25, -0.2) is 4.79 Å². The van der Waals surface area contributed by atoms with E-state index in [1.807, 2.05) is 42.5 Å². The molecular formula is C25H14O2. The largest absolute Gasteiger partial charge is 0.422 e. The second-order valence-electron chi connectivity index (χ2n) is 6.92. The molecule has 0 unspecified atom stereocenters. The minimum atomic E-state index is -0.283. The first-order valence-corrected chi connectivity index (χ1v) is 9.00. The maximum atomic E-state index is 13.0. The molecule has 0 fully saturated rings. The molecular weight excluding hydrogens is 332 g/mol. The van der Waals surface area contributed by atoms with E-state index in [2.05, 4.69) is 42.5 Å². The summed E-state index contributed by atoms with van der Waals surface area (Å²) in [7, 11) is 0. The highest BCUT2D eigenvalue weighted by molar-refractivity contribution is 6.23. The van der Waals surface area contributed by atoms with Crippen molar-refractivity contribution < 1.29 is 4.42 Å². The Morgan fingerprint density at radius 2 is 1.04 bits per heavy atom. The van der Waals surface area contributed by atoms with E-state index < -0.39 is 0 Å². The van der Waals surface area contributed by atoms with Crippen molar-refractivity contribution in [2.45, 2.75) is 0 Å². The van der Waals surface area contributed by atoms with Gasteiger partial charge in [-0.15, -0.1) is 0 Å². The van der Waals surface area contributed by atoms with Crippen LogP contribution in [-0.2, 0) is 0 Å². The molecule has 0 amide bonds. The minimum absolute atomic E-state index is 0.283.